The van der Waals surface area contributed by atoms with Crippen molar-refractivity contribution in [2.24, 2.45) is 5.92 Å². The molecular weight excluding hydrogens is 502 g/mol. The van der Waals surface area contributed by atoms with Crippen LogP contribution in [0.2, 0.25) is 5.02 Å². The number of aliphatic hydroxyl groups is 1. The van der Waals surface area contributed by atoms with Crippen molar-refractivity contribution in [2.45, 2.75) is 30.9 Å². The molecule has 3 atom stereocenters. The number of aliphatic carboxylic acids is 3. The molecular formula is C26H26ClN3O7. The number of hydrogen-bond acceptors (Lipinski definition) is 6. The minimum atomic E-state index is -3.07. The quantitative estimate of drug-likeness (QED) is 0.281. The van der Waals surface area contributed by atoms with Gasteiger partial charge in [0.25, 0.3) is 0 Å². The first kappa shape index (κ1) is 26.3. The molecule has 10 nitrogen and oxygen atoms in total. The molecule has 0 saturated heterocycles. The summed E-state index contributed by atoms with van der Waals surface area (Å²) in [6.07, 6.45) is -0.824. The number of nitrogens with zero attached hydrogens (tertiary/aromatic N) is 2. The van der Waals surface area contributed by atoms with Crippen LogP contribution in [-0.2, 0) is 27.3 Å². The maximum absolute atomic E-state index is 12.6. The van der Waals surface area contributed by atoms with Crippen LogP contribution in [0.3, 0.4) is 0 Å². The molecule has 0 aliphatic carbocycles. The smallest absolute Gasteiger partial charge is 0.337 e. The Morgan fingerprint density at radius 1 is 1.08 bits per heavy atom. The number of rotatable bonds is 9. The summed E-state index contributed by atoms with van der Waals surface area (Å²) >= 11 is 6.08. The molecule has 1 aromatic heterocycles. The van der Waals surface area contributed by atoms with E-state index in [9.17, 15) is 34.8 Å². The summed E-state index contributed by atoms with van der Waals surface area (Å²) in [5, 5.41) is 48.9. The third-order valence-corrected chi connectivity index (χ3v) is 6.89. The van der Waals surface area contributed by atoms with Gasteiger partial charge in [0.2, 0.25) is 0 Å². The van der Waals surface area contributed by atoms with E-state index in [1.807, 2.05) is 30.3 Å². The molecule has 2 aromatic carbocycles. The van der Waals surface area contributed by atoms with Crippen molar-refractivity contribution >= 4 is 29.5 Å². The molecule has 0 fully saturated rings. The lowest BCUT2D eigenvalue weighted by atomic mass is 9.72. The predicted molar refractivity (Wildman–Crippen MR) is 133 cm³/mol. The molecule has 2 heterocycles. The number of aromatic nitrogens is 2. The number of halogens is 1. The van der Waals surface area contributed by atoms with Crippen molar-refractivity contribution in [1.82, 2.24) is 15.1 Å². The van der Waals surface area contributed by atoms with Crippen LogP contribution in [0.4, 0.5) is 0 Å². The standard InChI is InChI=1S/C26H26ClN3O7/c27-17-8-6-16(7-9-17)23-21-18(22(24(33)34)26(37,25(35)36)12-20(31)32)13-28-11-10-19(21)30(29-23)14-15-4-2-1-3-5-15/h1-9,18,22,28,37H,10-14H2,(H,31,32)(H,33,34)(H,35,36). The molecule has 3 unspecified atom stereocenters. The van der Waals surface area contributed by atoms with E-state index < -0.39 is 41.8 Å². The molecule has 1 aliphatic rings. The van der Waals surface area contributed by atoms with Crippen LogP contribution < -0.4 is 5.32 Å². The Balaban J connectivity index is 1.95. The molecule has 3 aromatic rings. The number of carbonyl (C=O) groups is 3. The molecule has 0 amide bonds. The second-order valence-corrected chi connectivity index (χ2v) is 9.47. The fraction of sp³-hybridized carbons (Fsp3) is 0.308. The maximum Gasteiger partial charge on any atom is 0.337 e. The van der Waals surface area contributed by atoms with E-state index in [2.05, 4.69) is 5.32 Å². The average Bonchev–Trinajstić information content (AvgIpc) is 3.04. The monoisotopic (exact) mass is 527 g/mol. The Labute approximate surface area is 217 Å². The topological polar surface area (TPSA) is 162 Å². The van der Waals surface area contributed by atoms with Gasteiger partial charge in [0.15, 0.2) is 5.60 Å². The number of hydrogen-bond donors (Lipinski definition) is 5. The summed E-state index contributed by atoms with van der Waals surface area (Å²) in [4.78, 5) is 36.2. The molecule has 1 aliphatic heterocycles. The van der Waals surface area contributed by atoms with E-state index in [0.29, 0.717) is 47.0 Å². The van der Waals surface area contributed by atoms with Crippen molar-refractivity contribution in [3.05, 3.63) is 76.4 Å². The van der Waals surface area contributed by atoms with Gasteiger partial charge in [0.05, 0.1) is 18.7 Å². The lowest BCUT2D eigenvalue weighted by molar-refractivity contribution is -0.180. The normalized spacial score (nSPS) is 17.7. The van der Waals surface area contributed by atoms with Crippen LogP contribution in [0, 0.1) is 5.92 Å². The Morgan fingerprint density at radius 3 is 2.35 bits per heavy atom. The molecule has 37 heavy (non-hydrogen) atoms. The van der Waals surface area contributed by atoms with Crippen molar-refractivity contribution in [2.75, 3.05) is 13.1 Å². The molecule has 194 valence electrons. The highest BCUT2D eigenvalue weighted by atomic mass is 35.5. The first-order chi connectivity index (χ1) is 17.6. The first-order valence-electron chi connectivity index (χ1n) is 11.6. The van der Waals surface area contributed by atoms with Crippen molar-refractivity contribution in [1.29, 1.82) is 0 Å². The van der Waals surface area contributed by atoms with Crippen LogP contribution in [0.1, 0.15) is 29.2 Å². The predicted octanol–water partition coefficient (Wildman–Crippen LogP) is 2.47. The van der Waals surface area contributed by atoms with E-state index >= 15 is 0 Å². The van der Waals surface area contributed by atoms with Gasteiger partial charge in [-0.1, -0.05) is 54.1 Å². The zero-order valence-corrected chi connectivity index (χ0v) is 20.4. The van der Waals surface area contributed by atoms with Crippen LogP contribution >= 0.6 is 11.6 Å². The van der Waals surface area contributed by atoms with Gasteiger partial charge in [0.1, 0.15) is 5.92 Å². The van der Waals surface area contributed by atoms with E-state index in [1.54, 1.807) is 28.9 Å². The largest absolute Gasteiger partial charge is 0.481 e. The van der Waals surface area contributed by atoms with Crippen LogP contribution in [0.15, 0.2) is 54.6 Å². The Kier molecular flexibility index (Phi) is 7.63. The van der Waals surface area contributed by atoms with Crippen molar-refractivity contribution in [3.8, 4) is 11.3 Å². The highest BCUT2D eigenvalue weighted by Gasteiger charge is 2.55. The summed E-state index contributed by atoms with van der Waals surface area (Å²) in [7, 11) is 0. The van der Waals surface area contributed by atoms with E-state index in [-0.39, 0.29) is 6.54 Å². The average molecular weight is 528 g/mol. The zero-order chi connectivity index (χ0) is 26.7. The molecule has 0 bridgehead atoms. The van der Waals surface area contributed by atoms with Gasteiger partial charge in [-0.15, -0.1) is 0 Å². The van der Waals surface area contributed by atoms with Crippen molar-refractivity contribution in [3.63, 3.8) is 0 Å². The summed E-state index contributed by atoms with van der Waals surface area (Å²) < 4.78 is 1.75. The fourth-order valence-corrected chi connectivity index (χ4v) is 5.11. The number of carboxylic acid groups (broad SMARTS) is 3. The number of benzene rings is 2. The number of nitrogens with one attached hydrogen (secondary N) is 1. The minimum Gasteiger partial charge on any atom is -0.481 e. The van der Waals surface area contributed by atoms with Gasteiger partial charge in [-0.05, 0) is 17.7 Å². The lowest BCUT2D eigenvalue weighted by Gasteiger charge is -2.34. The van der Waals surface area contributed by atoms with Gasteiger partial charge < -0.3 is 25.7 Å². The van der Waals surface area contributed by atoms with Gasteiger partial charge in [-0.2, -0.15) is 5.10 Å². The zero-order valence-electron chi connectivity index (χ0n) is 19.7. The molecule has 11 heteroatoms. The fourth-order valence-electron chi connectivity index (χ4n) is 4.98. The SMILES string of the molecule is O=C(O)CC(O)(C(=O)O)C(C(=O)O)C1CNCCc2c1c(-c1ccc(Cl)cc1)nn2Cc1ccccc1. The van der Waals surface area contributed by atoms with E-state index in [4.69, 9.17) is 16.7 Å². The highest BCUT2D eigenvalue weighted by molar-refractivity contribution is 6.30. The Morgan fingerprint density at radius 2 is 1.76 bits per heavy atom. The van der Waals surface area contributed by atoms with Gasteiger partial charge >= 0.3 is 17.9 Å². The molecule has 5 N–H and O–H groups in total. The summed E-state index contributed by atoms with van der Waals surface area (Å²) in [5.74, 6) is -8.26. The van der Waals surface area contributed by atoms with Crippen LogP contribution in [0.5, 0.6) is 0 Å². The summed E-state index contributed by atoms with van der Waals surface area (Å²) in [5.41, 5.74) is 0.0710. The van der Waals surface area contributed by atoms with Gasteiger partial charge in [-0.25, -0.2) is 4.79 Å². The molecule has 0 saturated carbocycles. The number of carboxylic acids is 3. The van der Waals surface area contributed by atoms with Crippen LogP contribution in [0.25, 0.3) is 11.3 Å². The third-order valence-electron chi connectivity index (χ3n) is 6.64. The van der Waals surface area contributed by atoms with Gasteiger partial charge in [-0.3, -0.25) is 14.3 Å². The first-order valence-corrected chi connectivity index (χ1v) is 12.0. The summed E-state index contributed by atoms with van der Waals surface area (Å²) in [6, 6.07) is 16.3. The Hall–Kier alpha value is -3.73. The van der Waals surface area contributed by atoms with Crippen LogP contribution in [-0.4, -0.2) is 66.8 Å². The second-order valence-electron chi connectivity index (χ2n) is 9.04. The molecule has 4 rings (SSSR count). The molecule has 0 radical (unpaired) electrons. The maximum atomic E-state index is 12.6. The van der Waals surface area contributed by atoms with E-state index in [0.717, 1.165) is 5.56 Å². The third kappa shape index (κ3) is 5.36. The lowest BCUT2D eigenvalue weighted by Crippen LogP contribution is -2.54. The van der Waals surface area contributed by atoms with E-state index in [1.165, 1.54) is 0 Å². The second kappa shape index (κ2) is 10.7. The Bertz CT molecular complexity index is 1310. The van der Waals surface area contributed by atoms with Crippen molar-refractivity contribution < 1.29 is 34.8 Å². The highest BCUT2D eigenvalue weighted by Crippen LogP contribution is 2.42. The number of fused-ring (bicyclic) bond motifs is 1. The van der Waals surface area contributed by atoms with Gasteiger partial charge in [0, 0.05) is 47.3 Å². The molecule has 0 spiro atoms. The summed E-state index contributed by atoms with van der Waals surface area (Å²) in [6.45, 7) is 0.817. The minimum absolute atomic E-state index is 0.00318.